The van der Waals surface area contributed by atoms with Gasteiger partial charge in [-0.25, -0.2) is 0 Å². The van der Waals surface area contributed by atoms with Crippen molar-refractivity contribution in [2.24, 2.45) is 0 Å². The predicted molar refractivity (Wildman–Crippen MR) is 257 cm³/mol. The fourth-order valence-corrected chi connectivity index (χ4v) is 11.6. The average Bonchev–Trinajstić information content (AvgIpc) is 4.16. The Morgan fingerprint density at radius 3 is 1.66 bits per heavy atom. The van der Waals surface area contributed by atoms with Crippen LogP contribution in [0, 0.1) is 0 Å². The number of phenols is 2. The lowest BCUT2D eigenvalue weighted by atomic mass is 9.80. The maximum atomic E-state index is 11.4. The van der Waals surface area contributed by atoms with Gasteiger partial charge in [0.15, 0.2) is 0 Å². The Balaban J connectivity index is 0.845. The zero-order chi connectivity index (χ0) is 41.8. The second-order valence-corrected chi connectivity index (χ2v) is 19.2. The predicted octanol–water partition coefficient (Wildman–Crippen LogP) is 11.3. The maximum Gasteiger partial charge on any atom is 0.128 e. The van der Waals surface area contributed by atoms with Crippen LogP contribution in [-0.2, 0) is 26.2 Å². The summed E-state index contributed by atoms with van der Waals surface area (Å²) in [7, 11) is 0. The van der Waals surface area contributed by atoms with E-state index in [1.165, 1.54) is 64.3 Å². The number of fused-ring (bicyclic) bond motifs is 2. The van der Waals surface area contributed by atoms with Crippen molar-refractivity contribution < 1.29 is 10.2 Å². The number of rotatable bonds is 15. The van der Waals surface area contributed by atoms with Crippen molar-refractivity contribution in [3.63, 3.8) is 0 Å². The molecule has 2 saturated carbocycles. The molecule has 8 aromatic rings. The van der Waals surface area contributed by atoms with Crippen LogP contribution in [0.15, 0.2) is 126 Å². The van der Waals surface area contributed by atoms with E-state index in [0.29, 0.717) is 42.6 Å². The lowest BCUT2D eigenvalue weighted by molar-refractivity contribution is 0.256. The number of hydrogen-bond acceptors (Lipinski definition) is 8. The van der Waals surface area contributed by atoms with E-state index < -0.39 is 0 Å². The minimum absolute atomic E-state index is 0.133. The van der Waals surface area contributed by atoms with E-state index in [9.17, 15) is 10.2 Å². The monoisotopic (exact) mass is 860 g/mol. The molecule has 4 heterocycles. The Morgan fingerprint density at radius 2 is 1.05 bits per heavy atom. The second-order valence-electron chi connectivity index (χ2n) is 17.3. The van der Waals surface area contributed by atoms with Crippen LogP contribution in [-0.4, -0.2) is 44.3 Å². The van der Waals surface area contributed by atoms with Gasteiger partial charge in [0.05, 0.1) is 5.52 Å². The zero-order valence-electron chi connectivity index (χ0n) is 35.0. The van der Waals surface area contributed by atoms with Crippen molar-refractivity contribution in [1.82, 2.24) is 31.2 Å². The Bertz CT molecular complexity index is 2720. The minimum atomic E-state index is 0.133. The molecule has 2 fully saturated rings. The highest BCUT2D eigenvalue weighted by Crippen LogP contribution is 2.39. The normalized spacial score (nSPS) is 20.6. The SMILES string of the molecule is Oc1c(CNC2CCC(c3cc4cccc(CN[C@@H]5CCCCC5NCc5cccc6cc[nH]c56)c4[nH]3)C[C@H]2NCc2cccc(-c3cccs3)c2O)cccc1-c1cccs1. The van der Waals surface area contributed by atoms with E-state index in [1.807, 2.05) is 65.5 Å². The first-order chi connectivity index (χ1) is 30.6. The molecule has 0 amide bonds. The Labute approximate surface area is 371 Å². The van der Waals surface area contributed by atoms with Crippen LogP contribution in [0.5, 0.6) is 11.5 Å². The van der Waals surface area contributed by atoms with Crippen LogP contribution in [0.25, 0.3) is 42.7 Å². The number of thiophene rings is 2. The Kier molecular flexibility index (Phi) is 12.3. The number of aromatic hydroxyl groups is 2. The smallest absolute Gasteiger partial charge is 0.128 e. The fourth-order valence-electron chi connectivity index (χ4n) is 10.1. The summed E-state index contributed by atoms with van der Waals surface area (Å²) >= 11 is 3.28. The standard InChI is InChI=1S/C52H56N6O2S2/c59-51-38(13-5-15-40(51)47-19-7-25-61-47)31-56-44-22-21-34(27-46(44)57-32-39-14-6-16-41(52(39)60)48-20-8-26-62-48)45-28-35-10-4-12-37(50(35)58-45)30-55-43-18-2-1-17-42(43)54-29-36-11-3-9-33-23-24-53-49(33)36/h3-16,19-20,23-26,28,34,42-44,46,53-60H,1-2,17-18,21-22,27,29-32H2/t34?,42?,43-,44?,46-/m1/s1. The molecular weight excluding hydrogens is 805 g/mol. The molecule has 4 aromatic carbocycles. The van der Waals surface area contributed by atoms with Gasteiger partial charge in [-0.05, 0) is 101 Å². The van der Waals surface area contributed by atoms with Crippen molar-refractivity contribution in [3.05, 3.63) is 154 Å². The molecule has 8 nitrogen and oxygen atoms in total. The molecule has 10 heteroatoms. The van der Waals surface area contributed by atoms with Gasteiger partial charge in [-0.15, -0.1) is 22.7 Å². The summed E-state index contributed by atoms with van der Waals surface area (Å²) in [5.41, 5.74) is 9.94. The minimum Gasteiger partial charge on any atom is -0.507 e. The summed E-state index contributed by atoms with van der Waals surface area (Å²) < 4.78 is 0. The molecule has 0 aliphatic heterocycles. The van der Waals surface area contributed by atoms with Crippen molar-refractivity contribution >= 4 is 44.5 Å². The molecule has 2 aliphatic rings. The molecule has 0 bridgehead atoms. The van der Waals surface area contributed by atoms with Gasteiger partial charge >= 0.3 is 0 Å². The van der Waals surface area contributed by atoms with Gasteiger partial charge in [-0.1, -0.05) is 85.6 Å². The highest BCUT2D eigenvalue weighted by atomic mass is 32.1. The Morgan fingerprint density at radius 1 is 0.516 bits per heavy atom. The quantitative estimate of drug-likeness (QED) is 0.0520. The molecule has 0 saturated heterocycles. The summed E-state index contributed by atoms with van der Waals surface area (Å²) in [5.74, 6) is 1.03. The van der Waals surface area contributed by atoms with Gasteiger partial charge in [0, 0.05) is 106 Å². The molecular formula is C52H56N6O2S2. The summed E-state index contributed by atoms with van der Waals surface area (Å²) in [6, 6.07) is 39.3. The lowest BCUT2D eigenvalue weighted by Crippen LogP contribution is -2.50. The second kappa shape index (κ2) is 18.6. The zero-order valence-corrected chi connectivity index (χ0v) is 36.6. The van der Waals surface area contributed by atoms with Crippen LogP contribution >= 0.6 is 22.7 Å². The van der Waals surface area contributed by atoms with Gasteiger partial charge in [0.2, 0.25) is 0 Å². The third-order valence-corrected chi connectivity index (χ3v) is 15.3. The number of aromatic nitrogens is 2. The number of aromatic amines is 2. The first-order valence-corrected chi connectivity index (χ1v) is 24.1. The van der Waals surface area contributed by atoms with E-state index in [-0.39, 0.29) is 12.1 Å². The van der Waals surface area contributed by atoms with Gasteiger partial charge < -0.3 is 41.4 Å². The summed E-state index contributed by atoms with van der Waals surface area (Å²) in [6.07, 6.45) is 9.88. The van der Waals surface area contributed by atoms with E-state index in [4.69, 9.17) is 0 Å². The van der Waals surface area contributed by atoms with Crippen molar-refractivity contribution in [3.8, 4) is 32.4 Å². The van der Waals surface area contributed by atoms with Crippen LogP contribution in [0.1, 0.15) is 78.8 Å². The number of benzene rings is 4. The van der Waals surface area contributed by atoms with Crippen molar-refractivity contribution in [1.29, 1.82) is 0 Å². The third-order valence-electron chi connectivity index (χ3n) is 13.5. The molecule has 3 unspecified atom stereocenters. The van der Waals surface area contributed by atoms with Gasteiger partial charge in [0.25, 0.3) is 0 Å². The first kappa shape index (κ1) is 40.8. The van der Waals surface area contributed by atoms with E-state index in [1.54, 1.807) is 22.7 Å². The van der Waals surface area contributed by atoms with Gasteiger partial charge in [-0.2, -0.15) is 0 Å². The number of hydrogen-bond donors (Lipinski definition) is 8. The number of nitrogens with one attached hydrogen (secondary N) is 6. The van der Waals surface area contributed by atoms with Gasteiger partial charge in [0.1, 0.15) is 11.5 Å². The number of H-pyrrole nitrogens is 2. The molecule has 0 radical (unpaired) electrons. The molecule has 5 atom stereocenters. The topological polar surface area (TPSA) is 120 Å². The van der Waals surface area contributed by atoms with Crippen LogP contribution < -0.4 is 21.3 Å². The summed E-state index contributed by atoms with van der Waals surface area (Å²) in [5, 5.41) is 45.1. The third kappa shape index (κ3) is 8.73. The van der Waals surface area contributed by atoms with Crippen LogP contribution in [0.2, 0.25) is 0 Å². The highest BCUT2D eigenvalue weighted by Gasteiger charge is 2.32. The molecule has 8 N–H and O–H groups in total. The average molecular weight is 861 g/mol. The van der Waals surface area contributed by atoms with Gasteiger partial charge in [-0.3, -0.25) is 0 Å². The maximum absolute atomic E-state index is 11.4. The molecule has 2 aliphatic carbocycles. The number of phenolic OH excluding ortho intramolecular Hbond substituents is 2. The van der Waals surface area contributed by atoms with Crippen LogP contribution in [0.4, 0.5) is 0 Å². The lowest BCUT2D eigenvalue weighted by Gasteiger charge is -2.37. The van der Waals surface area contributed by atoms with Crippen molar-refractivity contribution in [2.75, 3.05) is 0 Å². The van der Waals surface area contributed by atoms with Crippen LogP contribution in [0.3, 0.4) is 0 Å². The number of para-hydroxylation sites is 4. The molecule has 318 valence electrons. The van der Waals surface area contributed by atoms with E-state index in [0.717, 1.165) is 64.4 Å². The molecule has 4 aromatic heterocycles. The summed E-state index contributed by atoms with van der Waals surface area (Å²) in [4.78, 5) is 9.51. The van der Waals surface area contributed by atoms with E-state index >= 15 is 0 Å². The fraction of sp³-hybridized carbons (Fsp3) is 0.308. The first-order valence-electron chi connectivity index (χ1n) is 22.3. The molecule has 62 heavy (non-hydrogen) atoms. The molecule has 10 rings (SSSR count). The summed E-state index contributed by atoms with van der Waals surface area (Å²) in [6.45, 7) is 2.81. The molecule has 0 spiro atoms. The van der Waals surface area contributed by atoms with Crippen molar-refractivity contribution in [2.45, 2.75) is 101 Å². The Hall–Kier alpha value is -5.20. The highest BCUT2D eigenvalue weighted by molar-refractivity contribution is 7.13. The largest absolute Gasteiger partial charge is 0.507 e. The van der Waals surface area contributed by atoms with E-state index in [2.05, 4.69) is 91.9 Å².